The van der Waals surface area contributed by atoms with E-state index in [2.05, 4.69) is 37.7 Å². The van der Waals surface area contributed by atoms with Gasteiger partial charge in [-0.25, -0.2) is 9.97 Å². The highest BCUT2D eigenvalue weighted by Crippen LogP contribution is 2.22. The largest absolute Gasteiger partial charge is 0.481 e. The topological polar surface area (TPSA) is 77.3 Å². The summed E-state index contributed by atoms with van der Waals surface area (Å²) in [6.07, 6.45) is 3.48. The minimum Gasteiger partial charge on any atom is -0.481 e. The number of ether oxygens (including phenoxy) is 1. The van der Waals surface area contributed by atoms with Crippen molar-refractivity contribution in [2.75, 3.05) is 20.2 Å². The van der Waals surface area contributed by atoms with Crippen LogP contribution in [0, 0.1) is 17.8 Å². The van der Waals surface area contributed by atoms with Crippen LogP contribution in [0.5, 0.6) is 5.88 Å². The van der Waals surface area contributed by atoms with Crippen LogP contribution in [-0.4, -0.2) is 51.3 Å². The van der Waals surface area contributed by atoms with Crippen LogP contribution in [0.2, 0.25) is 0 Å². The summed E-state index contributed by atoms with van der Waals surface area (Å²) in [4.78, 5) is 36.7. The zero-order chi connectivity index (χ0) is 22.4. The van der Waals surface area contributed by atoms with E-state index in [1.165, 1.54) is 0 Å². The molecular weight excluding hydrogens is 380 g/mol. The number of rotatable bonds is 11. The predicted molar refractivity (Wildman–Crippen MR) is 119 cm³/mol. The number of amides is 1. The zero-order valence-corrected chi connectivity index (χ0v) is 19.4. The third-order valence-electron chi connectivity index (χ3n) is 5.16. The molecule has 0 unspecified atom stereocenters. The first kappa shape index (κ1) is 23.8. The molecule has 1 amide bonds. The number of hydrogen-bond acceptors (Lipinski definition) is 5. The van der Waals surface area contributed by atoms with Crippen LogP contribution < -0.4 is 4.74 Å². The smallest absolute Gasteiger partial charge is 0.242 e. The van der Waals surface area contributed by atoms with Crippen molar-refractivity contribution >= 4 is 22.7 Å². The van der Waals surface area contributed by atoms with Crippen molar-refractivity contribution < 1.29 is 14.3 Å². The SMILES string of the molecule is COc1cc2c(cn1)nc(C(=O)C(C)C)n2CC(=O)N(CCC(C)C)CCC(C)C. The molecule has 0 saturated heterocycles. The van der Waals surface area contributed by atoms with Crippen molar-refractivity contribution in [1.82, 2.24) is 19.4 Å². The Hall–Kier alpha value is -2.44. The van der Waals surface area contributed by atoms with Gasteiger partial charge in [-0.3, -0.25) is 9.59 Å². The fourth-order valence-corrected chi connectivity index (χ4v) is 3.15. The monoisotopic (exact) mass is 416 g/mol. The van der Waals surface area contributed by atoms with E-state index >= 15 is 0 Å². The highest BCUT2D eigenvalue weighted by Gasteiger charge is 2.24. The van der Waals surface area contributed by atoms with Crippen molar-refractivity contribution in [2.24, 2.45) is 17.8 Å². The molecule has 0 radical (unpaired) electrons. The van der Waals surface area contributed by atoms with Gasteiger partial charge >= 0.3 is 0 Å². The van der Waals surface area contributed by atoms with Gasteiger partial charge in [-0.05, 0) is 24.7 Å². The molecule has 0 aliphatic heterocycles. The molecule has 166 valence electrons. The molecule has 2 rings (SSSR count). The molecule has 0 fully saturated rings. The number of imidazole rings is 1. The molecule has 30 heavy (non-hydrogen) atoms. The number of methoxy groups -OCH3 is 1. The number of Topliss-reactive ketones (excluding diaryl/α,β-unsaturated/α-hetero) is 1. The van der Waals surface area contributed by atoms with Gasteiger partial charge in [-0.2, -0.15) is 0 Å². The Kier molecular flexibility index (Phi) is 8.38. The Balaban J connectivity index is 2.40. The van der Waals surface area contributed by atoms with E-state index in [9.17, 15) is 9.59 Å². The molecule has 0 saturated carbocycles. The lowest BCUT2D eigenvalue weighted by molar-refractivity contribution is -0.132. The Morgan fingerprint density at radius 1 is 1.07 bits per heavy atom. The first-order valence-corrected chi connectivity index (χ1v) is 10.9. The Labute approximate surface area is 179 Å². The molecule has 2 heterocycles. The Bertz CT molecular complexity index is 859. The van der Waals surface area contributed by atoms with E-state index in [0.29, 0.717) is 47.7 Å². The molecular formula is C23H36N4O3. The van der Waals surface area contributed by atoms with Crippen LogP contribution >= 0.6 is 0 Å². The summed E-state index contributed by atoms with van der Waals surface area (Å²) in [5, 5.41) is 0. The second-order valence-electron chi connectivity index (χ2n) is 9.00. The highest BCUT2D eigenvalue weighted by molar-refractivity contribution is 5.98. The van der Waals surface area contributed by atoms with Crippen LogP contribution in [0.4, 0.5) is 0 Å². The summed E-state index contributed by atoms with van der Waals surface area (Å²) in [7, 11) is 1.54. The summed E-state index contributed by atoms with van der Waals surface area (Å²) >= 11 is 0. The maximum Gasteiger partial charge on any atom is 0.242 e. The number of nitrogens with zero attached hydrogens (tertiary/aromatic N) is 4. The molecule has 2 aromatic rings. The lowest BCUT2D eigenvalue weighted by Crippen LogP contribution is -2.37. The number of fused-ring (bicyclic) bond motifs is 1. The Morgan fingerprint density at radius 2 is 1.67 bits per heavy atom. The van der Waals surface area contributed by atoms with Crippen molar-refractivity contribution in [3.8, 4) is 5.88 Å². The minimum atomic E-state index is -0.219. The molecule has 0 spiro atoms. The molecule has 0 bridgehead atoms. The number of ketones is 1. The van der Waals surface area contributed by atoms with Crippen molar-refractivity contribution in [3.05, 3.63) is 18.1 Å². The van der Waals surface area contributed by atoms with Gasteiger partial charge in [0.1, 0.15) is 12.1 Å². The van der Waals surface area contributed by atoms with Crippen LogP contribution in [0.25, 0.3) is 11.0 Å². The lowest BCUT2D eigenvalue weighted by Gasteiger charge is -2.25. The van der Waals surface area contributed by atoms with Gasteiger partial charge in [0.2, 0.25) is 17.6 Å². The summed E-state index contributed by atoms with van der Waals surface area (Å²) in [5.74, 6) is 1.46. The van der Waals surface area contributed by atoms with Gasteiger partial charge in [0.25, 0.3) is 0 Å². The normalized spacial score (nSPS) is 11.7. The lowest BCUT2D eigenvalue weighted by atomic mass is 10.1. The maximum atomic E-state index is 13.3. The fraction of sp³-hybridized carbons (Fsp3) is 0.652. The number of aromatic nitrogens is 3. The number of hydrogen-bond donors (Lipinski definition) is 0. The minimum absolute atomic E-state index is 0.00388. The molecule has 2 aromatic heterocycles. The van der Waals surface area contributed by atoms with E-state index in [0.717, 1.165) is 12.8 Å². The first-order valence-electron chi connectivity index (χ1n) is 10.9. The van der Waals surface area contributed by atoms with Crippen molar-refractivity contribution in [2.45, 2.75) is 60.9 Å². The summed E-state index contributed by atoms with van der Waals surface area (Å²) in [6, 6.07) is 1.74. The highest BCUT2D eigenvalue weighted by atomic mass is 16.5. The second kappa shape index (κ2) is 10.5. The molecule has 0 aromatic carbocycles. The average molecular weight is 417 g/mol. The van der Waals surface area contributed by atoms with E-state index in [-0.39, 0.29) is 24.2 Å². The third-order valence-corrected chi connectivity index (χ3v) is 5.16. The average Bonchev–Trinajstić information content (AvgIpc) is 3.04. The molecule has 0 N–H and O–H groups in total. The van der Waals surface area contributed by atoms with E-state index in [1.54, 1.807) is 23.9 Å². The van der Waals surface area contributed by atoms with E-state index < -0.39 is 0 Å². The van der Waals surface area contributed by atoms with Gasteiger partial charge in [0.15, 0.2) is 5.82 Å². The van der Waals surface area contributed by atoms with Crippen LogP contribution in [0.3, 0.4) is 0 Å². The van der Waals surface area contributed by atoms with Crippen LogP contribution in [0.15, 0.2) is 12.3 Å². The molecule has 0 aliphatic carbocycles. The maximum absolute atomic E-state index is 13.3. The van der Waals surface area contributed by atoms with E-state index in [4.69, 9.17) is 4.74 Å². The fourth-order valence-electron chi connectivity index (χ4n) is 3.15. The molecule has 0 aliphatic rings. The van der Waals surface area contributed by atoms with Gasteiger partial charge in [0.05, 0.1) is 18.8 Å². The molecule has 7 nitrogen and oxygen atoms in total. The Morgan fingerprint density at radius 3 is 2.17 bits per heavy atom. The predicted octanol–water partition coefficient (Wildman–Crippen LogP) is 4.20. The number of pyridine rings is 1. The summed E-state index contributed by atoms with van der Waals surface area (Å²) < 4.78 is 6.97. The van der Waals surface area contributed by atoms with Crippen LogP contribution in [0.1, 0.15) is 65.0 Å². The third kappa shape index (κ3) is 6.03. The molecule has 7 heteroatoms. The summed E-state index contributed by atoms with van der Waals surface area (Å²) in [6.45, 7) is 13.8. The van der Waals surface area contributed by atoms with Crippen molar-refractivity contribution in [3.63, 3.8) is 0 Å². The summed E-state index contributed by atoms with van der Waals surface area (Å²) in [5.41, 5.74) is 1.27. The number of carbonyl (C=O) groups is 2. The van der Waals surface area contributed by atoms with Gasteiger partial charge in [-0.15, -0.1) is 0 Å². The van der Waals surface area contributed by atoms with Crippen molar-refractivity contribution in [1.29, 1.82) is 0 Å². The van der Waals surface area contributed by atoms with Gasteiger partial charge in [0, 0.05) is 25.1 Å². The first-order chi connectivity index (χ1) is 14.1. The quantitative estimate of drug-likeness (QED) is 0.513. The van der Waals surface area contributed by atoms with Gasteiger partial charge in [-0.1, -0.05) is 41.5 Å². The van der Waals surface area contributed by atoms with Gasteiger partial charge < -0.3 is 14.2 Å². The van der Waals surface area contributed by atoms with Crippen LogP contribution in [-0.2, 0) is 11.3 Å². The number of carbonyl (C=O) groups excluding carboxylic acids is 2. The molecule has 0 atom stereocenters. The second-order valence-corrected chi connectivity index (χ2v) is 9.00. The standard InChI is InChI=1S/C23H36N4O3/c1-15(2)8-10-26(11-9-16(3)4)21(28)14-27-19-12-20(30-7)24-13-18(19)25-23(27)22(29)17(5)6/h12-13,15-17H,8-11,14H2,1-7H3. The van der Waals surface area contributed by atoms with E-state index in [1.807, 2.05) is 18.7 Å². The zero-order valence-electron chi connectivity index (χ0n) is 19.4.